The average molecular weight is 660 g/mol. The van der Waals surface area contributed by atoms with Crippen LogP contribution in [0.1, 0.15) is 50.7 Å². The quantitative estimate of drug-likeness (QED) is 0.259. The van der Waals surface area contributed by atoms with Crippen molar-refractivity contribution in [2.45, 2.75) is 50.5 Å². The number of halogens is 3. The van der Waals surface area contributed by atoms with E-state index < -0.39 is 69.7 Å². The molecule has 2 saturated heterocycles. The van der Waals surface area contributed by atoms with E-state index in [1.165, 1.54) is 41.3 Å². The number of phenolic OH excluding ortho intramolecular Hbond substituents is 1. The first-order chi connectivity index (χ1) is 22.2. The third-order valence-corrected chi connectivity index (χ3v) is 10.5. The molecule has 6 atom stereocenters. The van der Waals surface area contributed by atoms with E-state index in [2.05, 4.69) is 5.43 Å². The predicted octanol–water partition coefficient (Wildman–Crippen LogP) is 6.11. The third kappa shape index (κ3) is 4.52. The van der Waals surface area contributed by atoms with Crippen molar-refractivity contribution >= 4 is 40.9 Å². The highest BCUT2D eigenvalue weighted by atomic mass is 35.5. The number of hydrogen-bond donors (Lipinski definition) is 2. The summed E-state index contributed by atoms with van der Waals surface area (Å²) < 4.78 is 28.9. The molecular weight excluding hydrogens is 628 g/mol. The lowest BCUT2D eigenvalue weighted by Crippen LogP contribution is -2.53. The molecule has 2 heterocycles. The summed E-state index contributed by atoms with van der Waals surface area (Å²) in [4.78, 5) is 58.6. The number of rotatable bonds is 4. The van der Waals surface area contributed by atoms with Gasteiger partial charge in [-0.2, -0.15) is 5.01 Å². The van der Waals surface area contributed by atoms with Gasteiger partial charge in [-0.1, -0.05) is 41.4 Å². The summed E-state index contributed by atoms with van der Waals surface area (Å²) in [6.07, 6.45) is 2.17. The minimum Gasteiger partial charge on any atom is -0.505 e. The maximum Gasteiger partial charge on any atom is 0.260 e. The van der Waals surface area contributed by atoms with E-state index in [0.29, 0.717) is 27.4 Å². The molecule has 0 radical (unpaired) electrons. The molecule has 3 fully saturated rings. The lowest BCUT2D eigenvalue weighted by Gasteiger charge is -2.50. The highest BCUT2D eigenvalue weighted by Gasteiger charge is 2.70. The number of nitrogens with one attached hydrogen (secondary N) is 1. The second-order valence-electron chi connectivity index (χ2n) is 13.8. The van der Waals surface area contributed by atoms with E-state index in [1.54, 1.807) is 45.0 Å². The van der Waals surface area contributed by atoms with Crippen molar-refractivity contribution < 1.29 is 33.1 Å². The smallest absolute Gasteiger partial charge is 0.260 e. The van der Waals surface area contributed by atoms with Crippen molar-refractivity contribution in [3.8, 4) is 5.75 Å². The standard InChI is InChI=1S/C36H32ClF2N3O5/c1-35(2,3)41-31(44)24-14-13-23-25(29(24)33(41)46)17-26-32(45)42(40-22-11-9-21(38)10-12-22)34(47)36(26,19-5-7-20(37)8-6-19)30(23)18-4-15-28(43)27(39)16-18/h4-13,15-16,24-26,29-30,40,43H,14,17H2,1-3H3. The van der Waals surface area contributed by atoms with E-state index in [4.69, 9.17) is 11.6 Å². The molecule has 7 rings (SSSR count). The zero-order chi connectivity index (χ0) is 33.6. The Balaban J connectivity index is 1.46. The van der Waals surface area contributed by atoms with Gasteiger partial charge in [-0.3, -0.25) is 29.5 Å². The summed E-state index contributed by atoms with van der Waals surface area (Å²) in [5.41, 5.74) is 2.19. The van der Waals surface area contributed by atoms with Gasteiger partial charge in [0.05, 0.1) is 28.9 Å². The molecule has 8 nitrogen and oxygen atoms in total. The number of fused-ring (bicyclic) bond motifs is 4. The van der Waals surface area contributed by atoms with E-state index in [0.717, 1.165) is 11.1 Å². The number of benzene rings is 3. The lowest BCUT2D eigenvalue weighted by atomic mass is 9.49. The molecule has 2 N–H and O–H groups in total. The second-order valence-corrected chi connectivity index (χ2v) is 14.2. The molecule has 4 aliphatic rings. The molecule has 1 saturated carbocycles. The molecule has 0 aromatic heterocycles. The first kappa shape index (κ1) is 31.1. The van der Waals surface area contributed by atoms with Crippen molar-refractivity contribution in [1.82, 2.24) is 9.91 Å². The van der Waals surface area contributed by atoms with E-state index >= 15 is 9.18 Å². The molecule has 4 amide bonds. The Morgan fingerprint density at radius 2 is 1.57 bits per heavy atom. The molecule has 3 aromatic carbocycles. The Bertz CT molecular complexity index is 1870. The van der Waals surface area contributed by atoms with Crippen molar-refractivity contribution in [2.75, 3.05) is 5.43 Å². The number of hydrazine groups is 1. The van der Waals surface area contributed by atoms with Gasteiger partial charge in [0.1, 0.15) is 5.82 Å². The first-order valence-electron chi connectivity index (χ1n) is 15.5. The number of amides is 4. The average Bonchev–Trinajstić information content (AvgIpc) is 3.41. The Morgan fingerprint density at radius 1 is 0.894 bits per heavy atom. The van der Waals surface area contributed by atoms with Gasteiger partial charge in [-0.25, -0.2) is 8.78 Å². The van der Waals surface area contributed by atoms with Crippen LogP contribution in [0, 0.1) is 35.3 Å². The summed E-state index contributed by atoms with van der Waals surface area (Å²) in [6, 6.07) is 15.6. The fourth-order valence-electron chi connectivity index (χ4n) is 8.39. The number of allylic oxidation sites excluding steroid dienone is 2. The highest BCUT2D eigenvalue weighted by molar-refractivity contribution is 6.30. The summed E-state index contributed by atoms with van der Waals surface area (Å²) in [5, 5.41) is 11.5. The normalized spacial score (nSPS) is 28.6. The number of hydrogen-bond acceptors (Lipinski definition) is 6. The number of carbonyl (C=O) groups is 4. The van der Waals surface area contributed by atoms with E-state index in [9.17, 15) is 23.9 Å². The molecule has 6 unspecified atom stereocenters. The largest absolute Gasteiger partial charge is 0.505 e. The SMILES string of the molecule is CC(C)(C)N1C(=O)C2CC=C3C(CC4C(=O)N(Nc5ccc(F)cc5)C(=O)C4(c4ccc(Cl)cc4)C3c3ccc(O)c(F)c3)C2C1=O. The van der Waals surface area contributed by atoms with Crippen molar-refractivity contribution in [3.63, 3.8) is 0 Å². The van der Waals surface area contributed by atoms with Crippen LogP contribution in [0.4, 0.5) is 14.5 Å². The van der Waals surface area contributed by atoms with Gasteiger partial charge in [0, 0.05) is 16.5 Å². The predicted molar refractivity (Wildman–Crippen MR) is 169 cm³/mol. The molecule has 3 aromatic rings. The monoisotopic (exact) mass is 659 g/mol. The van der Waals surface area contributed by atoms with Gasteiger partial charge in [-0.05, 0) is 99.2 Å². The molecule has 47 heavy (non-hydrogen) atoms. The molecule has 242 valence electrons. The molecule has 0 bridgehead atoms. The van der Waals surface area contributed by atoms with Gasteiger partial charge >= 0.3 is 0 Å². The first-order valence-corrected chi connectivity index (χ1v) is 15.9. The number of aromatic hydroxyl groups is 1. The summed E-state index contributed by atoms with van der Waals surface area (Å²) in [6.45, 7) is 5.38. The highest BCUT2D eigenvalue weighted by Crippen LogP contribution is 2.64. The van der Waals surface area contributed by atoms with Gasteiger partial charge in [0.2, 0.25) is 11.8 Å². The molecule has 11 heteroatoms. The van der Waals surface area contributed by atoms with Crippen LogP contribution in [-0.4, -0.2) is 44.2 Å². The van der Waals surface area contributed by atoms with Gasteiger partial charge < -0.3 is 5.11 Å². The zero-order valence-corrected chi connectivity index (χ0v) is 26.6. The van der Waals surface area contributed by atoms with Crippen LogP contribution in [0.3, 0.4) is 0 Å². The Morgan fingerprint density at radius 3 is 2.21 bits per heavy atom. The maximum atomic E-state index is 15.2. The van der Waals surface area contributed by atoms with E-state index in [1.807, 2.05) is 6.08 Å². The fraction of sp³-hybridized carbons (Fsp3) is 0.333. The third-order valence-electron chi connectivity index (χ3n) is 10.2. The number of imide groups is 2. The molecular formula is C36H32ClF2N3O5. The van der Waals surface area contributed by atoms with Crippen molar-refractivity contribution in [1.29, 1.82) is 0 Å². The number of nitrogens with zero attached hydrogens (tertiary/aromatic N) is 2. The number of carbonyl (C=O) groups excluding carboxylic acids is 4. The lowest BCUT2D eigenvalue weighted by molar-refractivity contribution is -0.146. The summed E-state index contributed by atoms with van der Waals surface area (Å²) >= 11 is 6.28. The fourth-order valence-corrected chi connectivity index (χ4v) is 8.52. The Hall–Kier alpha value is -4.57. The van der Waals surface area contributed by atoms with Gasteiger partial charge in [0.25, 0.3) is 11.8 Å². The Kier molecular flexibility index (Phi) is 7.09. The number of phenols is 1. The van der Waals surface area contributed by atoms with Crippen LogP contribution in [0.25, 0.3) is 0 Å². The molecule has 2 aliphatic heterocycles. The van der Waals surface area contributed by atoms with Crippen molar-refractivity contribution in [3.05, 3.63) is 106 Å². The van der Waals surface area contributed by atoms with Crippen LogP contribution in [0.2, 0.25) is 5.02 Å². The second kappa shape index (κ2) is 10.7. The van der Waals surface area contributed by atoms with Crippen LogP contribution in [0.5, 0.6) is 5.75 Å². The van der Waals surface area contributed by atoms with Gasteiger partial charge in [0.15, 0.2) is 11.6 Å². The minimum absolute atomic E-state index is 0.0653. The molecule has 0 spiro atoms. The van der Waals surface area contributed by atoms with Crippen LogP contribution in [0.15, 0.2) is 78.4 Å². The molecule has 2 aliphatic carbocycles. The zero-order valence-electron chi connectivity index (χ0n) is 25.8. The summed E-state index contributed by atoms with van der Waals surface area (Å²) in [5.74, 6) is -7.87. The number of likely N-dealkylation sites (tertiary alicyclic amines) is 1. The number of anilines is 1. The topological polar surface area (TPSA) is 107 Å². The maximum absolute atomic E-state index is 15.2. The van der Waals surface area contributed by atoms with Crippen LogP contribution in [-0.2, 0) is 24.6 Å². The summed E-state index contributed by atoms with van der Waals surface area (Å²) in [7, 11) is 0. The van der Waals surface area contributed by atoms with Crippen molar-refractivity contribution in [2.24, 2.45) is 23.7 Å². The minimum atomic E-state index is -1.64. The van der Waals surface area contributed by atoms with Crippen LogP contribution >= 0.6 is 11.6 Å². The Labute approximate surface area is 275 Å². The van der Waals surface area contributed by atoms with E-state index in [-0.39, 0.29) is 24.7 Å². The van der Waals surface area contributed by atoms with Gasteiger partial charge in [-0.15, -0.1) is 0 Å². The van der Waals surface area contributed by atoms with Crippen LogP contribution < -0.4 is 5.43 Å².